The van der Waals surface area contributed by atoms with Crippen molar-refractivity contribution in [1.82, 2.24) is 0 Å². The first kappa shape index (κ1) is 14.0. The normalized spacial score (nSPS) is 10.8. The van der Waals surface area contributed by atoms with E-state index in [0.29, 0.717) is 5.56 Å². The summed E-state index contributed by atoms with van der Waals surface area (Å²) in [6.45, 7) is 0. The second kappa shape index (κ2) is 5.67. The number of allylic oxidation sites excluding steroid dienone is 1. The molecule has 102 valence electrons. The number of hydrogen-bond donors (Lipinski definition) is 3. The summed E-state index contributed by atoms with van der Waals surface area (Å²) < 4.78 is 0. The Labute approximate surface area is 120 Å². The quantitative estimate of drug-likeness (QED) is 0.598. The lowest BCUT2D eigenvalue weighted by Gasteiger charge is -2.01. The van der Waals surface area contributed by atoms with Crippen molar-refractivity contribution < 1.29 is 20.1 Å². The van der Waals surface area contributed by atoms with Gasteiger partial charge in [0.15, 0.2) is 5.78 Å². The number of phenolic OH excluding ortho intramolecular Hbond substituents is 3. The van der Waals surface area contributed by atoms with Crippen LogP contribution in [0, 0.1) is 0 Å². The second-order valence-corrected chi connectivity index (χ2v) is 4.52. The number of aromatic hydroxyl groups is 3. The standard InChI is InChI=1S/C15H11ClO4/c16-12-7-9(2-6-14(12)19)1-5-13(18)11-4-3-10(17)8-15(11)20/h1-8,17,19-20H/b5-1+. The van der Waals surface area contributed by atoms with Crippen LogP contribution in [-0.2, 0) is 0 Å². The van der Waals surface area contributed by atoms with Crippen LogP contribution in [0.5, 0.6) is 17.2 Å². The minimum absolute atomic E-state index is 0.0358. The van der Waals surface area contributed by atoms with Gasteiger partial charge < -0.3 is 15.3 Å². The molecule has 0 saturated carbocycles. The zero-order valence-corrected chi connectivity index (χ0v) is 11.0. The Morgan fingerprint density at radius 2 is 1.75 bits per heavy atom. The average molecular weight is 291 g/mol. The van der Waals surface area contributed by atoms with E-state index in [-0.39, 0.29) is 27.8 Å². The van der Waals surface area contributed by atoms with Gasteiger partial charge in [-0.3, -0.25) is 4.79 Å². The fourth-order valence-corrected chi connectivity index (χ4v) is 1.81. The van der Waals surface area contributed by atoms with Crippen LogP contribution in [0.3, 0.4) is 0 Å². The molecule has 0 atom stereocenters. The maximum Gasteiger partial charge on any atom is 0.189 e. The molecule has 0 radical (unpaired) electrons. The minimum atomic E-state index is -0.410. The van der Waals surface area contributed by atoms with Gasteiger partial charge in [0.2, 0.25) is 0 Å². The zero-order valence-electron chi connectivity index (χ0n) is 10.2. The number of hydrogen-bond acceptors (Lipinski definition) is 4. The van der Waals surface area contributed by atoms with Crippen LogP contribution in [0.1, 0.15) is 15.9 Å². The molecule has 0 spiro atoms. The summed E-state index contributed by atoms with van der Waals surface area (Å²) in [4.78, 5) is 11.9. The molecular formula is C15H11ClO4. The van der Waals surface area contributed by atoms with Crippen LogP contribution in [0.4, 0.5) is 0 Å². The largest absolute Gasteiger partial charge is 0.508 e. The molecule has 2 aromatic carbocycles. The monoisotopic (exact) mass is 290 g/mol. The van der Waals surface area contributed by atoms with Gasteiger partial charge in [-0.25, -0.2) is 0 Å². The van der Waals surface area contributed by atoms with E-state index in [4.69, 9.17) is 16.7 Å². The smallest absolute Gasteiger partial charge is 0.189 e. The maximum atomic E-state index is 11.9. The average Bonchev–Trinajstić information content (AvgIpc) is 2.40. The second-order valence-electron chi connectivity index (χ2n) is 4.11. The number of halogens is 1. The molecule has 0 amide bonds. The molecule has 0 unspecified atom stereocenters. The summed E-state index contributed by atoms with van der Waals surface area (Å²) in [6.07, 6.45) is 2.79. The molecule has 0 bridgehead atoms. The molecule has 0 aliphatic carbocycles. The first-order valence-electron chi connectivity index (χ1n) is 5.70. The van der Waals surface area contributed by atoms with Gasteiger partial charge in [0.25, 0.3) is 0 Å². The first-order valence-corrected chi connectivity index (χ1v) is 6.08. The first-order chi connectivity index (χ1) is 9.47. The van der Waals surface area contributed by atoms with Crippen LogP contribution in [0.25, 0.3) is 6.08 Å². The maximum absolute atomic E-state index is 11.9. The molecule has 0 fully saturated rings. The van der Waals surface area contributed by atoms with E-state index in [1.807, 2.05) is 0 Å². The molecule has 0 heterocycles. The Bertz CT molecular complexity index is 692. The van der Waals surface area contributed by atoms with E-state index >= 15 is 0 Å². The molecule has 0 aliphatic rings. The van der Waals surface area contributed by atoms with Crippen molar-refractivity contribution in [2.75, 3.05) is 0 Å². The van der Waals surface area contributed by atoms with Crippen molar-refractivity contribution >= 4 is 23.5 Å². The Morgan fingerprint density at radius 3 is 2.40 bits per heavy atom. The predicted octanol–water partition coefficient (Wildman–Crippen LogP) is 3.35. The number of rotatable bonds is 3. The number of ketones is 1. The molecule has 3 N–H and O–H groups in total. The number of carbonyl (C=O) groups excluding carboxylic acids is 1. The number of carbonyl (C=O) groups is 1. The predicted molar refractivity (Wildman–Crippen MR) is 76.3 cm³/mol. The molecule has 0 saturated heterocycles. The highest BCUT2D eigenvalue weighted by atomic mass is 35.5. The molecule has 2 rings (SSSR count). The summed E-state index contributed by atoms with van der Waals surface area (Å²) in [5.41, 5.74) is 0.725. The fourth-order valence-electron chi connectivity index (χ4n) is 1.62. The van der Waals surface area contributed by atoms with Gasteiger partial charge in [0.1, 0.15) is 17.2 Å². The Hall–Kier alpha value is -2.46. The summed E-state index contributed by atoms with van der Waals surface area (Å²) in [5.74, 6) is -0.852. The van der Waals surface area contributed by atoms with E-state index < -0.39 is 5.78 Å². The van der Waals surface area contributed by atoms with Crippen LogP contribution in [0.2, 0.25) is 5.02 Å². The lowest BCUT2D eigenvalue weighted by atomic mass is 10.1. The van der Waals surface area contributed by atoms with Crippen molar-refractivity contribution in [3.63, 3.8) is 0 Å². The summed E-state index contributed by atoms with van der Waals surface area (Å²) in [6, 6.07) is 8.28. The Kier molecular flexibility index (Phi) is 3.96. The molecule has 20 heavy (non-hydrogen) atoms. The van der Waals surface area contributed by atoms with Gasteiger partial charge in [-0.05, 0) is 35.9 Å². The number of phenols is 3. The SMILES string of the molecule is O=C(/C=C/c1ccc(O)c(Cl)c1)c1ccc(O)cc1O. The van der Waals surface area contributed by atoms with Crippen LogP contribution >= 0.6 is 11.6 Å². The van der Waals surface area contributed by atoms with Gasteiger partial charge >= 0.3 is 0 Å². The van der Waals surface area contributed by atoms with Crippen molar-refractivity contribution in [1.29, 1.82) is 0 Å². The van der Waals surface area contributed by atoms with Crippen molar-refractivity contribution in [3.8, 4) is 17.2 Å². The van der Waals surface area contributed by atoms with Gasteiger partial charge in [-0.2, -0.15) is 0 Å². The molecule has 4 nitrogen and oxygen atoms in total. The minimum Gasteiger partial charge on any atom is -0.508 e. The van der Waals surface area contributed by atoms with Gasteiger partial charge in [-0.15, -0.1) is 0 Å². The van der Waals surface area contributed by atoms with Crippen LogP contribution in [-0.4, -0.2) is 21.1 Å². The highest BCUT2D eigenvalue weighted by Crippen LogP contribution is 2.25. The summed E-state index contributed by atoms with van der Waals surface area (Å²) in [7, 11) is 0. The highest BCUT2D eigenvalue weighted by Gasteiger charge is 2.08. The Balaban J connectivity index is 2.22. The van der Waals surface area contributed by atoms with E-state index in [0.717, 1.165) is 6.07 Å². The van der Waals surface area contributed by atoms with Crippen LogP contribution in [0.15, 0.2) is 42.5 Å². The summed E-state index contributed by atoms with van der Waals surface area (Å²) in [5, 5.41) is 28.2. The molecule has 2 aromatic rings. The molecule has 0 aromatic heterocycles. The van der Waals surface area contributed by atoms with Crippen molar-refractivity contribution in [3.05, 3.63) is 58.6 Å². The van der Waals surface area contributed by atoms with Crippen molar-refractivity contribution in [2.45, 2.75) is 0 Å². The van der Waals surface area contributed by atoms with Gasteiger partial charge in [0.05, 0.1) is 10.6 Å². The number of benzene rings is 2. The van der Waals surface area contributed by atoms with Crippen LogP contribution < -0.4 is 0 Å². The van der Waals surface area contributed by atoms with E-state index in [1.165, 1.54) is 36.4 Å². The van der Waals surface area contributed by atoms with E-state index in [9.17, 15) is 15.0 Å². The molecular weight excluding hydrogens is 280 g/mol. The third-order valence-corrected chi connectivity index (χ3v) is 2.95. The third-order valence-electron chi connectivity index (χ3n) is 2.65. The topological polar surface area (TPSA) is 77.8 Å². The van der Waals surface area contributed by atoms with E-state index in [1.54, 1.807) is 6.07 Å². The highest BCUT2D eigenvalue weighted by molar-refractivity contribution is 6.32. The molecule has 0 aliphatic heterocycles. The zero-order chi connectivity index (χ0) is 14.7. The third kappa shape index (κ3) is 3.10. The van der Waals surface area contributed by atoms with E-state index in [2.05, 4.69) is 0 Å². The summed E-state index contributed by atoms with van der Waals surface area (Å²) >= 11 is 5.75. The Morgan fingerprint density at radius 1 is 1.00 bits per heavy atom. The lowest BCUT2D eigenvalue weighted by molar-refractivity contribution is 0.104. The molecule has 5 heteroatoms. The lowest BCUT2D eigenvalue weighted by Crippen LogP contribution is -1.94. The van der Waals surface area contributed by atoms with Crippen molar-refractivity contribution in [2.24, 2.45) is 0 Å². The van der Waals surface area contributed by atoms with Gasteiger partial charge in [0, 0.05) is 6.07 Å². The van der Waals surface area contributed by atoms with Gasteiger partial charge in [-0.1, -0.05) is 23.7 Å². The fraction of sp³-hybridized carbons (Fsp3) is 0.